The van der Waals surface area contributed by atoms with E-state index in [1.807, 2.05) is 51.3 Å². The van der Waals surface area contributed by atoms with Gasteiger partial charge in [-0.05, 0) is 47.0 Å². The Hall–Kier alpha value is -2.58. The quantitative estimate of drug-likeness (QED) is 0.516. The average Bonchev–Trinajstić information content (AvgIpc) is 3.37. The molecule has 0 spiro atoms. The third-order valence-electron chi connectivity index (χ3n) is 5.39. The normalized spacial score (nSPS) is 12.6. The number of rotatable bonds is 10. The fourth-order valence-corrected chi connectivity index (χ4v) is 4.47. The fourth-order valence-electron chi connectivity index (χ4n) is 3.55. The molecule has 0 N–H and O–H groups in total. The highest BCUT2D eigenvalue weighted by Gasteiger charge is 2.26. The van der Waals surface area contributed by atoms with E-state index < -0.39 is 0 Å². The Morgan fingerprint density at radius 2 is 1.82 bits per heavy atom. The molecule has 7 nitrogen and oxygen atoms in total. The summed E-state index contributed by atoms with van der Waals surface area (Å²) >= 11 is 1.63. The van der Waals surface area contributed by atoms with Gasteiger partial charge in [-0.2, -0.15) is 0 Å². The molecule has 1 aromatic heterocycles. The number of aryl methyl sites for hydroxylation is 1. The van der Waals surface area contributed by atoms with Crippen LogP contribution in [0, 0.1) is 12.3 Å². The summed E-state index contributed by atoms with van der Waals surface area (Å²) in [5.41, 5.74) is 1.95. The lowest BCUT2D eigenvalue weighted by molar-refractivity contribution is -0.142. The molecule has 0 fully saturated rings. The molecule has 1 aromatic carbocycles. The predicted octanol–water partition coefficient (Wildman–Crippen LogP) is 4.23. The summed E-state index contributed by atoms with van der Waals surface area (Å²) in [4.78, 5) is 31.0. The standard InChI is InChI=1S/C25H34N2O5S/c1-18-8-11-33-22(18)15-27(14-19-6-7-20-21(12-19)32-17-31-20)24(29)16-26(9-10-30-5)23(28)13-25(2,3)4/h6-8,11-12H,9-10,13-17H2,1-5H3. The van der Waals surface area contributed by atoms with Crippen molar-refractivity contribution in [2.45, 2.75) is 47.2 Å². The zero-order valence-corrected chi connectivity index (χ0v) is 21.0. The number of hydrogen-bond donors (Lipinski definition) is 0. The van der Waals surface area contributed by atoms with Gasteiger partial charge in [-0.3, -0.25) is 9.59 Å². The van der Waals surface area contributed by atoms with Gasteiger partial charge in [-0.15, -0.1) is 11.3 Å². The minimum Gasteiger partial charge on any atom is -0.454 e. The summed E-state index contributed by atoms with van der Waals surface area (Å²) in [6.07, 6.45) is 0.371. The van der Waals surface area contributed by atoms with Crippen LogP contribution in [-0.4, -0.2) is 55.2 Å². The number of amides is 2. The Balaban J connectivity index is 1.79. The van der Waals surface area contributed by atoms with E-state index in [9.17, 15) is 9.59 Å². The molecule has 0 aliphatic carbocycles. The van der Waals surface area contributed by atoms with Gasteiger partial charge < -0.3 is 24.0 Å². The summed E-state index contributed by atoms with van der Waals surface area (Å²) < 4.78 is 16.1. The van der Waals surface area contributed by atoms with Crippen LogP contribution < -0.4 is 9.47 Å². The molecule has 2 amide bonds. The Morgan fingerprint density at radius 1 is 1.06 bits per heavy atom. The van der Waals surface area contributed by atoms with Crippen LogP contribution in [0.2, 0.25) is 0 Å². The first-order valence-corrected chi connectivity index (χ1v) is 12.0. The van der Waals surface area contributed by atoms with E-state index in [0.29, 0.717) is 44.2 Å². The van der Waals surface area contributed by atoms with Crippen molar-refractivity contribution in [1.29, 1.82) is 0 Å². The van der Waals surface area contributed by atoms with E-state index in [4.69, 9.17) is 14.2 Å². The van der Waals surface area contributed by atoms with Crippen molar-refractivity contribution in [3.8, 4) is 11.5 Å². The maximum absolute atomic E-state index is 13.5. The summed E-state index contributed by atoms with van der Waals surface area (Å²) in [6.45, 7) is 10.0. The maximum Gasteiger partial charge on any atom is 0.242 e. The van der Waals surface area contributed by atoms with Gasteiger partial charge in [0, 0.05) is 31.5 Å². The van der Waals surface area contributed by atoms with Gasteiger partial charge in [-0.25, -0.2) is 0 Å². The van der Waals surface area contributed by atoms with Crippen LogP contribution in [0.5, 0.6) is 11.5 Å². The van der Waals surface area contributed by atoms with Gasteiger partial charge in [-0.1, -0.05) is 26.8 Å². The number of thiophene rings is 1. The molecule has 180 valence electrons. The zero-order chi connectivity index (χ0) is 24.0. The molecule has 0 saturated heterocycles. The highest BCUT2D eigenvalue weighted by Crippen LogP contribution is 2.33. The van der Waals surface area contributed by atoms with Gasteiger partial charge in [0.15, 0.2) is 11.5 Å². The Labute approximate surface area is 200 Å². The molecule has 2 aromatic rings. The minimum atomic E-state index is -0.161. The van der Waals surface area contributed by atoms with Crippen LogP contribution in [0.3, 0.4) is 0 Å². The first-order valence-electron chi connectivity index (χ1n) is 11.1. The number of benzene rings is 1. The van der Waals surface area contributed by atoms with Gasteiger partial charge in [0.2, 0.25) is 18.6 Å². The second-order valence-electron chi connectivity index (χ2n) is 9.51. The molecule has 0 atom stereocenters. The monoisotopic (exact) mass is 474 g/mol. The highest BCUT2D eigenvalue weighted by atomic mass is 32.1. The number of fused-ring (bicyclic) bond motifs is 1. The van der Waals surface area contributed by atoms with Gasteiger partial charge in [0.1, 0.15) is 0 Å². The molecule has 33 heavy (non-hydrogen) atoms. The predicted molar refractivity (Wildman–Crippen MR) is 128 cm³/mol. The average molecular weight is 475 g/mol. The zero-order valence-electron chi connectivity index (χ0n) is 20.2. The molecular weight excluding hydrogens is 440 g/mol. The largest absolute Gasteiger partial charge is 0.454 e. The summed E-state index contributed by atoms with van der Waals surface area (Å²) in [5, 5.41) is 2.03. The lowest BCUT2D eigenvalue weighted by Crippen LogP contribution is -2.44. The van der Waals surface area contributed by atoms with E-state index in [2.05, 4.69) is 6.07 Å². The van der Waals surface area contributed by atoms with Crippen LogP contribution in [0.25, 0.3) is 0 Å². The molecule has 1 aliphatic rings. The minimum absolute atomic E-state index is 0.0211. The van der Waals surface area contributed by atoms with Crippen molar-refractivity contribution in [2.24, 2.45) is 5.41 Å². The van der Waals surface area contributed by atoms with Crippen molar-refractivity contribution in [3.63, 3.8) is 0 Å². The lowest BCUT2D eigenvalue weighted by Gasteiger charge is -2.29. The fraction of sp³-hybridized carbons (Fsp3) is 0.520. The molecule has 0 radical (unpaired) electrons. The first-order chi connectivity index (χ1) is 15.7. The van der Waals surface area contributed by atoms with Crippen molar-refractivity contribution >= 4 is 23.2 Å². The van der Waals surface area contributed by atoms with Gasteiger partial charge >= 0.3 is 0 Å². The van der Waals surface area contributed by atoms with Gasteiger partial charge in [0.25, 0.3) is 0 Å². The Morgan fingerprint density at radius 3 is 2.48 bits per heavy atom. The van der Waals surface area contributed by atoms with Gasteiger partial charge in [0.05, 0.1) is 19.7 Å². The van der Waals surface area contributed by atoms with E-state index >= 15 is 0 Å². The van der Waals surface area contributed by atoms with E-state index in [1.165, 1.54) is 0 Å². The van der Waals surface area contributed by atoms with Crippen LogP contribution in [0.4, 0.5) is 0 Å². The molecule has 8 heteroatoms. The second kappa shape index (κ2) is 11.0. The smallest absolute Gasteiger partial charge is 0.242 e. The maximum atomic E-state index is 13.5. The van der Waals surface area contributed by atoms with Crippen molar-refractivity contribution in [1.82, 2.24) is 9.80 Å². The Bertz CT molecular complexity index is 966. The number of ether oxygens (including phenoxy) is 3. The molecular formula is C25H34N2O5S. The lowest BCUT2D eigenvalue weighted by atomic mass is 9.91. The number of methoxy groups -OCH3 is 1. The molecule has 0 saturated carbocycles. The second-order valence-corrected chi connectivity index (χ2v) is 10.5. The molecule has 1 aliphatic heterocycles. The van der Waals surface area contributed by atoms with Crippen LogP contribution in [-0.2, 0) is 27.4 Å². The highest BCUT2D eigenvalue weighted by molar-refractivity contribution is 7.10. The SMILES string of the molecule is COCCN(CC(=O)N(Cc1ccc2c(c1)OCO2)Cc1sccc1C)C(=O)CC(C)(C)C. The summed E-state index contributed by atoms with van der Waals surface area (Å²) in [5.74, 6) is 1.26. The molecule has 0 unspecified atom stereocenters. The Kier molecular flexibility index (Phi) is 8.37. The molecule has 3 rings (SSSR count). The van der Waals surface area contributed by atoms with E-state index in [-0.39, 0.29) is 30.6 Å². The van der Waals surface area contributed by atoms with Crippen LogP contribution in [0.1, 0.15) is 43.2 Å². The third kappa shape index (κ3) is 7.20. The molecule has 2 heterocycles. The number of nitrogens with zero attached hydrogens (tertiary/aromatic N) is 2. The third-order valence-corrected chi connectivity index (χ3v) is 6.40. The van der Waals surface area contributed by atoms with Crippen LogP contribution in [0.15, 0.2) is 29.6 Å². The number of hydrogen-bond acceptors (Lipinski definition) is 6. The summed E-state index contributed by atoms with van der Waals surface area (Å²) in [6, 6.07) is 7.79. The first kappa shape index (κ1) is 25.1. The van der Waals surface area contributed by atoms with Crippen molar-refractivity contribution in [3.05, 3.63) is 45.6 Å². The van der Waals surface area contributed by atoms with Crippen molar-refractivity contribution < 1.29 is 23.8 Å². The van der Waals surface area contributed by atoms with Crippen LogP contribution >= 0.6 is 11.3 Å². The van der Waals surface area contributed by atoms with E-state index in [0.717, 1.165) is 16.0 Å². The molecule has 0 bridgehead atoms. The topological polar surface area (TPSA) is 68.3 Å². The van der Waals surface area contributed by atoms with Crippen molar-refractivity contribution in [2.75, 3.05) is 33.6 Å². The van der Waals surface area contributed by atoms with E-state index in [1.54, 1.807) is 28.2 Å². The summed E-state index contributed by atoms with van der Waals surface area (Å²) in [7, 11) is 1.60. The number of carbonyl (C=O) groups excluding carboxylic acids is 2. The number of carbonyl (C=O) groups is 2.